The number of hydrogen-bond donors (Lipinski definition) is 1. The lowest BCUT2D eigenvalue weighted by atomic mass is 9.51. The quantitative estimate of drug-likeness (QED) is 0.868. The number of hydrogen-bond acceptors (Lipinski definition) is 3. The van der Waals surface area contributed by atoms with Gasteiger partial charge < -0.3 is 10.1 Å². The van der Waals surface area contributed by atoms with E-state index in [1.165, 1.54) is 37.7 Å². The highest BCUT2D eigenvalue weighted by Crippen LogP contribution is 2.56. The Morgan fingerprint density at radius 2 is 1.74 bits per heavy atom. The van der Waals surface area contributed by atoms with Gasteiger partial charge in [0, 0.05) is 32.1 Å². The fourth-order valence-corrected chi connectivity index (χ4v) is 6.57. The molecule has 1 saturated heterocycles. The Morgan fingerprint density at radius 3 is 2.44 bits per heavy atom. The molecular weight excluding hydrogens is 336 g/mol. The normalized spacial score (nSPS) is 38.1. The van der Waals surface area contributed by atoms with Crippen molar-refractivity contribution < 1.29 is 9.53 Å². The summed E-state index contributed by atoms with van der Waals surface area (Å²) in [5, 5.41) is 3.27. The van der Waals surface area contributed by atoms with Crippen LogP contribution in [0.4, 0.5) is 0 Å². The third-order valence-electron chi connectivity index (χ3n) is 7.51. The number of carbonyl (C=O) groups excluding carboxylic acids is 1. The number of benzene rings is 1. The topological polar surface area (TPSA) is 41.6 Å². The zero-order valence-electron chi connectivity index (χ0n) is 16.2. The first-order chi connectivity index (χ1) is 13.2. The molecule has 4 saturated carbocycles. The van der Waals surface area contributed by atoms with Gasteiger partial charge in [-0.25, -0.2) is 0 Å². The summed E-state index contributed by atoms with van der Waals surface area (Å²) >= 11 is 0. The van der Waals surface area contributed by atoms with Crippen molar-refractivity contribution in [1.29, 1.82) is 0 Å². The maximum absolute atomic E-state index is 13.0. The Hall–Kier alpha value is -1.39. The average molecular weight is 369 g/mol. The largest absolute Gasteiger partial charge is 0.374 e. The van der Waals surface area contributed by atoms with Crippen molar-refractivity contribution in [2.24, 2.45) is 29.6 Å². The van der Waals surface area contributed by atoms with Gasteiger partial charge in [0.1, 0.15) is 0 Å². The van der Waals surface area contributed by atoms with Gasteiger partial charge in [0.2, 0.25) is 5.91 Å². The van der Waals surface area contributed by atoms with Crippen LogP contribution in [-0.2, 0) is 16.1 Å². The zero-order chi connectivity index (χ0) is 18.2. The number of rotatable bonds is 5. The molecule has 1 N–H and O–H groups in total. The minimum absolute atomic E-state index is 0.114. The van der Waals surface area contributed by atoms with E-state index in [1.807, 2.05) is 0 Å². The van der Waals surface area contributed by atoms with Crippen molar-refractivity contribution in [3.05, 3.63) is 35.9 Å². The Labute approximate surface area is 162 Å². The molecule has 1 aromatic rings. The molecule has 1 amide bonds. The molecule has 1 unspecified atom stereocenters. The van der Waals surface area contributed by atoms with E-state index in [2.05, 4.69) is 40.5 Å². The first-order valence-corrected chi connectivity index (χ1v) is 10.9. The maximum atomic E-state index is 13.0. The average Bonchev–Trinajstić information content (AvgIpc) is 2.67. The van der Waals surface area contributed by atoms with Gasteiger partial charge in [0.15, 0.2) is 0 Å². The van der Waals surface area contributed by atoms with Crippen molar-refractivity contribution in [2.75, 3.05) is 26.2 Å². The Balaban J connectivity index is 1.13. The van der Waals surface area contributed by atoms with Crippen LogP contribution < -0.4 is 5.32 Å². The fourth-order valence-electron chi connectivity index (χ4n) is 6.57. The molecule has 1 atom stereocenters. The van der Waals surface area contributed by atoms with Gasteiger partial charge >= 0.3 is 0 Å². The molecule has 5 fully saturated rings. The highest BCUT2D eigenvalue weighted by Gasteiger charge is 2.50. The summed E-state index contributed by atoms with van der Waals surface area (Å²) in [5.41, 5.74) is 1.34. The Kier molecular flexibility index (Phi) is 4.95. The van der Waals surface area contributed by atoms with Crippen molar-refractivity contribution in [3.63, 3.8) is 0 Å². The third-order valence-corrected chi connectivity index (χ3v) is 7.51. The number of ether oxygens (including phenoxy) is 1. The van der Waals surface area contributed by atoms with Crippen LogP contribution in [0.2, 0.25) is 0 Å². The van der Waals surface area contributed by atoms with Crippen molar-refractivity contribution in [1.82, 2.24) is 10.2 Å². The van der Waals surface area contributed by atoms with Crippen molar-refractivity contribution >= 4 is 5.91 Å². The predicted molar refractivity (Wildman–Crippen MR) is 105 cm³/mol. The van der Waals surface area contributed by atoms with Crippen molar-refractivity contribution in [2.45, 2.75) is 44.8 Å². The molecule has 4 nitrogen and oxygen atoms in total. The Morgan fingerprint density at radius 1 is 1.04 bits per heavy atom. The second kappa shape index (κ2) is 7.56. The van der Waals surface area contributed by atoms with Gasteiger partial charge in [-0.1, -0.05) is 30.3 Å². The first kappa shape index (κ1) is 17.7. The number of morpholine rings is 1. The van der Waals surface area contributed by atoms with Gasteiger partial charge in [0.05, 0.1) is 12.7 Å². The van der Waals surface area contributed by atoms with Crippen LogP contribution in [0.1, 0.15) is 37.7 Å². The van der Waals surface area contributed by atoms with Crippen molar-refractivity contribution in [3.8, 4) is 0 Å². The van der Waals surface area contributed by atoms with Gasteiger partial charge in [-0.2, -0.15) is 0 Å². The zero-order valence-corrected chi connectivity index (χ0v) is 16.2. The lowest BCUT2D eigenvalue weighted by Crippen LogP contribution is -2.53. The predicted octanol–water partition coefficient (Wildman–Crippen LogP) is 3.08. The molecule has 1 aromatic carbocycles. The maximum Gasteiger partial charge on any atom is 0.223 e. The minimum Gasteiger partial charge on any atom is -0.374 e. The van der Waals surface area contributed by atoms with Gasteiger partial charge in [-0.15, -0.1) is 0 Å². The third kappa shape index (κ3) is 3.79. The summed E-state index contributed by atoms with van der Waals surface area (Å²) in [5.74, 6) is 3.75. The number of nitrogens with one attached hydrogen (secondary N) is 1. The van der Waals surface area contributed by atoms with Gasteiger partial charge in [-0.3, -0.25) is 9.69 Å². The molecule has 0 radical (unpaired) electrons. The summed E-state index contributed by atoms with van der Waals surface area (Å²) in [6, 6.07) is 10.6. The monoisotopic (exact) mass is 368 g/mol. The lowest BCUT2D eigenvalue weighted by molar-refractivity contribution is -0.139. The first-order valence-electron chi connectivity index (χ1n) is 10.9. The lowest BCUT2D eigenvalue weighted by Gasteiger charge is -2.53. The molecule has 1 heterocycles. The minimum atomic E-state index is 0.114. The summed E-state index contributed by atoms with van der Waals surface area (Å²) in [6.07, 6.45) is 6.76. The van der Waals surface area contributed by atoms with E-state index in [1.54, 1.807) is 0 Å². The molecule has 27 heavy (non-hydrogen) atoms. The van der Waals surface area contributed by atoms with Crippen LogP contribution in [-0.4, -0.2) is 43.2 Å². The van der Waals surface area contributed by atoms with Crippen LogP contribution in [0.3, 0.4) is 0 Å². The Bertz CT molecular complexity index is 634. The van der Waals surface area contributed by atoms with E-state index in [-0.39, 0.29) is 12.0 Å². The molecule has 1 aliphatic heterocycles. The molecule has 4 heteroatoms. The molecule has 5 aliphatic rings. The van der Waals surface area contributed by atoms with E-state index in [0.717, 1.165) is 38.1 Å². The standard InChI is InChI=1S/C23H32N2O2/c26-23(22-19-9-17-8-18(11-19)12-20(22)10-17)24-13-21-15-25(6-7-27-21)14-16-4-2-1-3-5-16/h1-5,17-22H,6-15H2,(H,24,26). The summed E-state index contributed by atoms with van der Waals surface area (Å²) in [6.45, 7) is 4.24. The van der Waals surface area contributed by atoms with E-state index in [9.17, 15) is 4.79 Å². The number of carbonyl (C=O) groups is 1. The van der Waals surface area contributed by atoms with Crippen LogP contribution >= 0.6 is 0 Å². The SMILES string of the molecule is O=C(NCC1CN(Cc2ccccc2)CCO1)C1C2CC3CC(C2)CC1C3. The second-order valence-electron chi connectivity index (χ2n) is 9.42. The van der Waals surface area contributed by atoms with E-state index >= 15 is 0 Å². The highest BCUT2D eigenvalue weighted by molar-refractivity contribution is 5.79. The van der Waals surface area contributed by atoms with Gasteiger partial charge in [-0.05, 0) is 61.3 Å². The van der Waals surface area contributed by atoms with E-state index < -0.39 is 0 Å². The molecule has 4 bridgehead atoms. The molecular formula is C23H32N2O2. The highest BCUT2D eigenvalue weighted by atomic mass is 16.5. The molecule has 146 valence electrons. The van der Waals surface area contributed by atoms with Crippen LogP contribution in [0, 0.1) is 29.6 Å². The summed E-state index contributed by atoms with van der Waals surface area (Å²) in [4.78, 5) is 15.4. The molecule has 0 spiro atoms. The van der Waals surface area contributed by atoms with Crippen LogP contribution in [0.25, 0.3) is 0 Å². The second-order valence-corrected chi connectivity index (χ2v) is 9.42. The molecule has 0 aromatic heterocycles. The number of nitrogens with zero attached hydrogens (tertiary/aromatic N) is 1. The molecule has 6 rings (SSSR count). The van der Waals surface area contributed by atoms with E-state index in [0.29, 0.717) is 24.3 Å². The summed E-state index contributed by atoms with van der Waals surface area (Å²) in [7, 11) is 0. The van der Waals surface area contributed by atoms with Crippen LogP contribution in [0.15, 0.2) is 30.3 Å². The van der Waals surface area contributed by atoms with E-state index in [4.69, 9.17) is 4.74 Å². The molecule has 4 aliphatic carbocycles. The summed E-state index contributed by atoms with van der Waals surface area (Å²) < 4.78 is 5.95. The van der Waals surface area contributed by atoms with Gasteiger partial charge in [0.25, 0.3) is 0 Å². The smallest absolute Gasteiger partial charge is 0.223 e. The van der Waals surface area contributed by atoms with Crippen LogP contribution in [0.5, 0.6) is 0 Å². The fraction of sp³-hybridized carbons (Fsp3) is 0.696. The number of amides is 1.